The maximum atomic E-state index is 14.3. The van der Waals surface area contributed by atoms with Crippen LogP contribution >= 0.6 is 11.6 Å². The van der Waals surface area contributed by atoms with Gasteiger partial charge in [0.05, 0.1) is 33.8 Å². The molecule has 0 saturated carbocycles. The molecule has 3 aromatic carbocycles. The van der Waals surface area contributed by atoms with Gasteiger partial charge in [0.25, 0.3) is 5.91 Å². The molecule has 0 saturated heterocycles. The van der Waals surface area contributed by atoms with E-state index >= 15 is 0 Å². The molecule has 6 nitrogen and oxygen atoms in total. The molecule has 3 aromatic rings. The number of benzene rings is 3. The van der Waals surface area contributed by atoms with Crippen LogP contribution in [0, 0.1) is 5.82 Å². The summed E-state index contributed by atoms with van der Waals surface area (Å²) in [5, 5.41) is 1.87. The Labute approximate surface area is 197 Å². The first-order valence-electron chi connectivity index (χ1n) is 9.51. The minimum Gasteiger partial charge on any atom is -0.496 e. The van der Waals surface area contributed by atoms with E-state index in [1.165, 1.54) is 7.11 Å². The molecule has 12 heteroatoms. The van der Waals surface area contributed by atoms with Gasteiger partial charge in [-0.25, -0.2) is 17.5 Å². The fraction of sp³-hybridized carbons (Fsp3) is 0.136. The molecule has 180 valence electrons. The van der Waals surface area contributed by atoms with Crippen molar-refractivity contribution in [2.75, 3.05) is 12.4 Å². The molecule has 0 heterocycles. The SMILES string of the molecule is COc1ccccc1CNS(=O)(=O)c1ccc(F)c(C(=O)Nc2cc(C(F)(F)F)ccc2Cl)c1. The molecule has 0 bridgehead atoms. The van der Waals surface area contributed by atoms with E-state index in [0.29, 0.717) is 17.4 Å². The number of amides is 1. The Morgan fingerprint density at radius 1 is 1.06 bits per heavy atom. The number of carbonyl (C=O) groups excluding carboxylic acids is 1. The van der Waals surface area contributed by atoms with Crippen molar-refractivity contribution in [3.8, 4) is 5.75 Å². The highest BCUT2D eigenvalue weighted by Crippen LogP contribution is 2.34. The Morgan fingerprint density at radius 2 is 1.76 bits per heavy atom. The highest BCUT2D eigenvalue weighted by molar-refractivity contribution is 7.89. The van der Waals surface area contributed by atoms with E-state index < -0.39 is 49.6 Å². The maximum Gasteiger partial charge on any atom is 0.416 e. The Hall–Kier alpha value is -3.15. The average molecular weight is 517 g/mol. The molecule has 2 N–H and O–H groups in total. The summed E-state index contributed by atoms with van der Waals surface area (Å²) in [4.78, 5) is 12.1. The van der Waals surface area contributed by atoms with Crippen molar-refractivity contribution in [3.05, 3.63) is 88.2 Å². The van der Waals surface area contributed by atoms with Crippen LogP contribution in [-0.2, 0) is 22.7 Å². The molecular weight excluding hydrogens is 500 g/mol. The van der Waals surface area contributed by atoms with Crippen molar-refractivity contribution in [2.24, 2.45) is 0 Å². The Morgan fingerprint density at radius 3 is 2.44 bits per heavy atom. The monoisotopic (exact) mass is 516 g/mol. The third kappa shape index (κ3) is 5.85. The van der Waals surface area contributed by atoms with E-state index in [0.717, 1.165) is 30.3 Å². The van der Waals surface area contributed by atoms with Gasteiger partial charge in [-0.3, -0.25) is 4.79 Å². The summed E-state index contributed by atoms with van der Waals surface area (Å²) >= 11 is 5.85. The number of para-hydroxylation sites is 1. The molecule has 0 aliphatic rings. The smallest absolute Gasteiger partial charge is 0.416 e. The van der Waals surface area contributed by atoms with Crippen LogP contribution in [0.25, 0.3) is 0 Å². The van der Waals surface area contributed by atoms with Crippen LogP contribution in [0.2, 0.25) is 5.02 Å². The number of anilines is 1. The first-order chi connectivity index (χ1) is 15.9. The quantitative estimate of drug-likeness (QED) is 0.421. The predicted molar refractivity (Wildman–Crippen MR) is 118 cm³/mol. The van der Waals surface area contributed by atoms with Gasteiger partial charge >= 0.3 is 6.18 Å². The molecular formula is C22H17ClF4N2O4S. The molecule has 0 fully saturated rings. The number of ether oxygens (including phenoxy) is 1. The normalized spacial score (nSPS) is 11.8. The van der Waals surface area contributed by atoms with Crippen molar-refractivity contribution in [3.63, 3.8) is 0 Å². The molecule has 0 spiro atoms. The van der Waals surface area contributed by atoms with Crippen LogP contribution in [0.3, 0.4) is 0 Å². The van der Waals surface area contributed by atoms with Crippen molar-refractivity contribution < 1.29 is 35.5 Å². The number of rotatable bonds is 7. The van der Waals surface area contributed by atoms with Crippen LogP contribution < -0.4 is 14.8 Å². The highest BCUT2D eigenvalue weighted by Gasteiger charge is 2.31. The summed E-state index contributed by atoms with van der Waals surface area (Å²) in [5.74, 6) is -1.81. The Bertz CT molecular complexity index is 1330. The Kier molecular flexibility index (Phi) is 7.49. The van der Waals surface area contributed by atoms with Crippen molar-refractivity contribution in [1.82, 2.24) is 4.72 Å². The first kappa shape index (κ1) is 25.5. The molecule has 0 aliphatic carbocycles. The number of halogens is 5. The lowest BCUT2D eigenvalue weighted by Crippen LogP contribution is -2.24. The third-order valence-corrected chi connectivity index (χ3v) is 6.41. The van der Waals surface area contributed by atoms with Crippen LogP contribution in [0.4, 0.5) is 23.2 Å². The van der Waals surface area contributed by atoms with Crippen LogP contribution in [0.15, 0.2) is 65.6 Å². The van der Waals surface area contributed by atoms with Gasteiger partial charge < -0.3 is 10.1 Å². The second kappa shape index (κ2) is 10.00. The topological polar surface area (TPSA) is 84.5 Å². The minimum atomic E-state index is -4.70. The van der Waals surface area contributed by atoms with E-state index in [4.69, 9.17) is 16.3 Å². The average Bonchev–Trinajstić information content (AvgIpc) is 2.78. The minimum absolute atomic E-state index is 0.148. The molecule has 0 aliphatic heterocycles. The largest absolute Gasteiger partial charge is 0.496 e. The van der Waals surface area contributed by atoms with Gasteiger partial charge in [-0.05, 0) is 42.5 Å². The lowest BCUT2D eigenvalue weighted by molar-refractivity contribution is -0.137. The zero-order valence-electron chi connectivity index (χ0n) is 17.4. The number of methoxy groups -OCH3 is 1. The van der Waals surface area contributed by atoms with Crippen LogP contribution in [0.1, 0.15) is 21.5 Å². The molecule has 34 heavy (non-hydrogen) atoms. The molecule has 1 amide bonds. The van der Waals surface area contributed by atoms with Crippen molar-refractivity contribution in [1.29, 1.82) is 0 Å². The van der Waals surface area contributed by atoms with Crippen molar-refractivity contribution >= 4 is 33.2 Å². The number of hydrogen-bond acceptors (Lipinski definition) is 4. The lowest BCUT2D eigenvalue weighted by atomic mass is 10.1. The summed E-state index contributed by atoms with van der Waals surface area (Å²) in [6.07, 6.45) is -4.70. The summed E-state index contributed by atoms with van der Waals surface area (Å²) in [6, 6.07) is 11.4. The van der Waals surface area contributed by atoms with Gasteiger partial charge in [0.1, 0.15) is 11.6 Å². The lowest BCUT2D eigenvalue weighted by Gasteiger charge is -2.13. The van der Waals surface area contributed by atoms with Gasteiger partial charge in [0.2, 0.25) is 10.0 Å². The molecule has 0 unspecified atom stereocenters. The second-order valence-corrected chi connectivity index (χ2v) is 9.10. The van der Waals surface area contributed by atoms with E-state index in [1.54, 1.807) is 24.3 Å². The van der Waals surface area contributed by atoms with Gasteiger partial charge in [-0.1, -0.05) is 29.8 Å². The number of sulfonamides is 1. The van der Waals surface area contributed by atoms with E-state index in [1.807, 2.05) is 0 Å². The van der Waals surface area contributed by atoms with E-state index in [9.17, 15) is 30.8 Å². The fourth-order valence-electron chi connectivity index (χ4n) is 2.94. The molecule has 0 aromatic heterocycles. The number of alkyl halides is 3. The highest BCUT2D eigenvalue weighted by atomic mass is 35.5. The molecule has 0 atom stereocenters. The van der Waals surface area contributed by atoms with Gasteiger partial charge in [-0.2, -0.15) is 13.2 Å². The second-order valence-electron chi connectivity index (χ2n) is 6.92. The predicted octanol–water partition coefficient (Wildman–Crippen LogP) is 5.24. The zero-order valence-corrected chi connectivity index (χ0v) is 19.0. The van der Waals surface area contributed by atoms with Crippen molar-refractivity contribution in [2.45, 2.75) is 17.6 Å². The van der Waals surface area contributed by atoms with Crippen LogP contribution in [-0.4, -0.2) is 21.4 Å². The standard InChI is InChI=1S/C22H17ClF4N2O4S/c1-33-20-5-3-2-4-13(20)12-28-34(31,32)15-7-9-18(24)16(11-15)21(30)29-19-10-14(22(25,26)27)6-8-17(19)23/h2-11,28H,12H2,1H3,(H,29,30). The number of nitrogens with one attached hydrogen (secondary N) is 2. The molecule has 3 rings (SSSR count). The van der Waals surface area contributed by atoms with Crippen LogP contribution in [0.5, 0.6) is 5.75 Å². The fourth-order valence-corrected chi connectivity index (χ4v) is 4.13. The summed E-state index contributed by atoms with van der Waals surface area (Å²) in [6.45, 7) is -0.148. The molecule has 0 radical (unpaired) electrons. The zero-order chi connectivity index (χ0) is 25.1. The third-order valence-electron chi connectivity index (χ3n) is 4.68. The summed E-state index contributed by atoms with van der Waals surface area (Å²) in [7, 11) is -2.76. The van der Waals surface area contributed by atoms with E-state index in [-0.39, 0.29) is 11.6 Å². The van der Waals surface area contributed by atoms with Gasteiger partial charge in [-0.15, -0.1) is 0 Å². The number of carbonyl (C=O) groups is 1. The van der Waals surface area contributed by atoms with E-state index in [2.05, 4.69) is 10.0 Å². The Balaban J connectivity index is 1.85. The maximum absolute atomic E-state index is 14.3. The van der Waals surface area contributed by atoms with Gasteiger partial charge in [0.15, 0.2) is 0 Å². The summed E-state index contributed by atoms with van der Waals surface area (Å²) in [5.41, 5.74) is -1.66. The number of hydrogen-bond donors (Lipinski definition) is 2. The van der Waals surface area contributed by atoms with Gasteiger partial charge in [0, 0.05) is 12.1 Å². The summed E-state index contributed by atoms with van der Waals surface area (Å²) < 4.78 is 86.1. The first-order valence-corrected chi connectivity index (χ1v) is 11.4.